The molecule has 0 aromatic heterocycles. The summed E-state index contributed by atoms with van der Waals surface area (Å²) in [5, 5.41) is 15.0. The number of nitrogens with zero attached hydrogens (tertiary/aromatic N) is 1. The number of hydrogen-bond acceptors (Lipinski definition) is 3. The van der Waals surface area contributed by atoms with E-state index in [1.807, 2.05) is 6.07 Å². The van der Waals surface area contributed by atoms with E-state index >= 15 is 0 Å². The van der Waals surface area contributed by atoms with Crippen LogP contribution in [0.5, 0.6) is 0 Å². The predicted molar refractivity (Wildman–Crippen MR) is 95.6 cm³/mol. The Balaban J connectivity index is 1.81. The van der Waals surface area contributed by atoms with Crippen LogP contribution in [-0.4, -0.2) is 4.92 Å². The molecule has 0 unspecified atom stereocenters. The first-order valence-electron chi connectivity index (χ1n) is 8.03. The number of allylic oxidation sites excluding steroid dienone is 2. The molecule has 0 spiro atoms. The Kier molecular flexibility index (Phi) is 3.57. The van der Waals surface area contributed by atoms with E-state index in [0.29, 0.717) is 11.8 Å². The number of hydrogen-bond donors (Lipinski definition) is 1. The van der Waals surface area contributed by atoms with Gasteiger partial charge in [0.15, 0.2) is 0 Å². The van der Waals surface area contributed by atoms with E-state index in [0.717, 1.165) is 17.7 Å². The zero-order chi connectivity index (χ0) is 16.8. The van der Waals surface area contributed by atoms with Crippen LogP contribution in [0.15, 0.2) is 48.6 Å². The quantitative estimate of drug-likeness (QED) is 0.453. The third-order valence-corrected chi connectivity index (χ3v) is 5.45. The molecule has 2 aromatic carbocycles. The van der Waals surface area contributed by atoms with Crippen molar-refractivity contribution in [1.82, 2.24) is 0 Å². The van der Waals surface area contributed by atoms with Crippen molar-refractivity contribution in [3.63, 3.8) is 0 Å². The molecular formula is C19H17ClN2O2. The van der Waals surface area contributed by atoms with Crippen LogP contribution in [0.2, 0.25) is 5.02 Å². The topological polar surface area (TPSA) is 55.2 Å². The number of nitro groups is 1. The first-order valence-corrected chi connectivity index (χ1v) is 8.40. The Morgan fingerprint density at radius 2 is 2.12 bits per heavy atom. The van der Waals surface area contributed by atoms with Crippen LogP contribution < -0.4 is 5.32 Å². The summed E-state index contributed by atoms with van der Waals surface area (Å²) in [5.41, 5.74) is 4.54. The van der Waals surface area contributed by atoms with Crippen LogP contribution in [0.25, 0.3) is 0 Å². The molecule has 0 bridgehead atoms. The van der Waals surface area contributed by atoms with Crippen LogP contribution in [0.3, 0.4) is 0 Å². The van der Waals surface area contributed by atoms with E-state index in [-0.39, 0.29) is 16.8 Å². The number of nitro benzene ring substituents is 1. The van der Waals surface area contributed by atoms with Crippen LogP contribution in [0.4, 0.5) is 11.4 Å². The third-order valence-electron chi connectivity index (χ3n) is 5.13. The maximum atomic E-state index is 11.2. The van der Waals surface area contributed by atoms with Crippen molar-refractivity contribution in [3.05, 3.63) is 80.4 Å². The highest BCUT2D eigenvalue weighted by Gasteiger charge is 2.38. The molecule has 3 atom stereocenters. The lowest BCUT2D eigenvalue weighted by Gasteiger charge is -2.38. The molecule has 2 aliphatic rings. The van der Waals surface area contributed by atoms with Crippen molar-refractivity contribution in [1.29, 1.82) is 0 Å². The maximum absolute atomic E-state index is 11.2. The second-order valence-electron chi connectivity index (χ2n) is 6.48. The SMILES string of the molecule is Cc1cccc2c1N[C@H](c1ccc(Cl)c([N+](=O)[O-])c1)[C@@H]1CC=C[C@H]21. The minimum atomic E-state index is -0.418. The summed E-state index contributed by atoms with van der Waals surface area (Å²) in [5.74, 6) is 0.709. The monoisotopic (exact) mass is 340 g/mol. The molecule has 1 heterocycles. The van der Waals surface area contributed by atoms with E-state index in [9.17, 15) is 10.1 Å². The fourth-order valence-electron chi connectivity index (χ4n) is 3.97. The predicted octanol–water partition coefficient (Wildman–Crippen LogP) is 5.38. The summed E-state index contributed by atoms with van der Waals surface area (Å²) in [7, 11) is 0. The Labute approximate surface area is 145 Å². The highest BCUT2D eigenvalue weighted by molar-refractivity contribution is 6.32. The Hall–Kier alpha value is -2.33. The number of benzene rings is 2. The second kappa shape index (κ2) is 5.64. The zero-order valence-corrected chi connectivity index (χ0v) is 14.0. The molecule has 0 fully saturated rings. The van der Waals surface area contributed by atoms with Crippen LogP contribution in [-0.2, 0) is 0 Å². The van der Waals surface area contributed by atoms with E-state index in [1.165, 1.54) is 11.1 Å². The minimum absolute atomic E-state index is 0.0333. The number of nitrogens with one attached hydrogen (secondary N) is 1. The highest BCUT2D eigenvalue weighted by Crippen LogP contribution is 2.50. The molecule has 1 aliphatic heterocycles. The molecule has 122 valence electrons. The molecular weight excluding hydrogens is 324 g/mol. The Morgan fingerprint density at radius 1 is 1.29 bits per heavy atom. The van der Waals surface area contributed by atoms with Gasteiger partial charge in [-0.1, -0.05) is 48.0 Å². The van der Waals surface area contributed by atoms with Crippen molar-refractivity contribution >= 4 is 23.0 Å². The summed E-state index contributed by atoms with van der Waals surface area (Å²) in [6.07, 6.45) is 5.44. The fourth-order valence-corrected chi connectivity index (χ4v) is 4.16. The largest absolute Gasteiger partial charge is 0.377 e. The van der Waals surface area contributed by atoms with Crippen LogP contribution >= 0.6 is 11.6 Å². The molecule has 4 rings (SSSR count). The maximum Gasteiger partial charge on any atom is 0.288 e. The van der Waals surface area contributed by atoms with Gasteiger partial charge in [-0.05, 0) is 42.0 Å². The summed E-state index contributed by atoms with van der Waals surface area (Å²) in [6, 6.07) is 11.5. The van der Waals surface area contributed by atoms with Crippen molar-refractivity contribution in [2.45, 2.75) is 25.3 Å². The number of anilines is 1. The van der Waals surface area contributed by atoms with Gasteiger partial charge in [-0.15, -0.1) is 0 Å². The number of fused-ring (bicyclic) bond motifs is 3. The van der Waals surface area contributed by atoms with Gasteiger partial charge in [-0.25, -0.2) is 0 Å². The molecule has 0 radical (unpaired) electrons. The normalized spacial score (nSPS) is 24.2. The summed E-state index contributed by atoms with van der Waals surface area (Å²) in [4.78, 5) is 10.8. The van der Waals surface area contributed by atoms with Gasteiger partial charge >= 0.3 is 0 Å². The van der Waals surface area contributed by atoms with Crippen molar-refractivity contribution in [2.24, 2.45) is 5.92 Å². The van der Waals surface area contributed by atoms with Crippen molar-refractivity contribution < 1.29 is 4.92 Å². The third kappa shape index (κ3) is 2.29. The van der Waals surface area contributed by atoms with E-state index in [2.05, 4.69) is 42.6 Å². The van der Waals surface area contributed by atoms with Crippen molar-refractivity contribution in [3.8, 4) is 0 Å². The van der Waals surface area contributed by atoms with Crippen molar-refractivity contribution in [2.75, 3.05) is 5.32 Å². The van der Waals surface area contributed by atoms with Gasteiger partial charge in [-0.2, -0.15) is 0 Å². The van der Waals surface area contributed by atoms with Gasteiger partial charge in [0, 0.05) is 17.7 Å². The molecule has 0 amide bonds. The number of para-hydroxylation sites is 1. The van der Waals surface area contributed by atoms with E-state index in [1.54, 1.807) is 12.1 Å². The Morgan fingerprint density at radius 3 is 2.92 bits per heavy atom. The molecule has 1 N–H and O–H groups in total. The lowest BCUT2D eigenvalue weighted by atomic mass is 9.76. The first kappa shape index (κ1) is 15.2. The fraction of sp³-hybridized carbons (Fsp3) is 0.263. The van der Waals surface area contributed by atoms with Gasteiger partial charge in [0.05, 0.1) is 11.0 Å². The zero-order valence-electron chi connectivity index (χ0n) is 13.2. The van der Waals surface area contributed by atoms with E-state index in [4.69, 9.17) is 11.6 Å². The first-order chi connectivity index (χ1) is 11.6. The van der Waals surface area contributed by atoms with Gasteiger partial charge < -0.3 is 5.32 Å². The smallest absolute Gasteiger partial charge is 0.288 e. The Bertz CT molecular complexity index is 862. The number of rotatable bonds is 2. The average molecular weight is 341 g/mol. The lowest BCUT2D eigenvalue weighted by Crippen LogP contribution is -2.29. The molecule has 0 saturated carbocycles. The van der Waals surface area contributed by atoms with Gasteiger partial charge in [0.1, 0.15) is 5.02 Å². The molecule has 24 heavy (non-hydrogen) atoms. The molecule has 2 aromatic rings. The number of aryl methyl sites for hydroxylation is 1. The summed E-state index contributed by atoms with van der Waals surface area (Å²) in [6.45, 7) is 2.09. The van der Waals surface area contributed by atoms with Crippen LogP contribution in [0, 0.1) is 23.0 Å². The molecule has 1 aliphatic carbocycles. The summed E-state index contributed by atoms with van der Waals surface area (Å²) >= 11 is 5.97. The van der Waals surface area contributed by atoms with Gasteiger partial charge in [0.25, 0.3) is 5.69 Å². The average Bonchev–Trinajstić information content (AvgIpc) is 3.05. The lowest BCUT2D eigenvalue weighted by molar-refractivity contribution is -0.384. The number of halogens is 1. The second-order valence-corrected chi connectivity index (χ2v) is 6.89. The standard InChI is InChI=1S/C19H17ClN2O2/c1-11-4-2-6-14-13-5-3-7-15(13)19(21-18(11)14)12-8-9-16(20)17(10-12)22(23)24/h2-6,8-10,13,15,19,21H,7H2,1H3/t13-,15-,19-/m1/s1. The van der Waals surface area contributed by atoms with Crippen LogP contribution in [0.1, 0.15) is 35.1 Å². The minimum Gasteiger partial charge on any atom is -0.377 e. The highest BCUT2D eigenvalue weighted by atomic mass is 35.5. The molecule has 5 heteroatoms. The molecule has 0 saturated heterocycles. The summed E-state index contributed by atoms with van der Waals surface area (Å²) < 4.78 is 0. The van der Waals surface area contributed by atoms with Gasteiger partial charge in [0.2, 0.25) is 0 Å². The van der Waals surface area contributed by atoms with E-state index < -0.39 is 4.92 Å². The molecule has 4 nitrogen and oxygen atoms in total. The van der Waals surface area contributed by atoms with Gasteiger partial charge in [-0.3, -0.25) is 10.1 Å².